The number of rotatable bonds is 3. The summed E-state index contributed by atoms with van der Waals surface area (Å²) in [6.45, 7) is 1.58. The highest BCUT2D eigenvalue weighted by molar-refractivity contribution is 6.42. The van der Waals surface area contributed by atoms with Gasteiger partial charge in [-0.05, 0) is 11.6 Å². The van der Waals surface area contributed by atoms with Gasteiger partial charge in [0, 0.05) is 18.7 Å². The van der Waals surface area contributed by atoms with E-state index in [1.165, 1.54) is 0 Å². The Labute approximate surface area is 137 Å². The average molecular weight is 345 g/mol. The molecule has 0 aromatic heterocycles. The van der Waals surface area contributed by atoms with Crippen LogP contribution in [0.3, 0.4) is 0 Å². The predicted octanol–water partition coefficient (Wildman–Crippen LogP) is 5.03. The first kappa shape index (κ1) is 14.6. The standard InChI is InChI=1S/C15H12Cl3NO2/c16-10-3-1-2-9(15(10)18)8-19-12-7-14-13(6-11(12)17)20-4-5-21-14/h1-3,6-7,19H,4-5,8H2. The molecule has 3 nitrogen and oxygen atoms in total. The Hall–Kier alpha value is -1.29. The highest BCUT2D eigenvalue weighted by atomic mass is 35.5. The predicted molar refractivity (Wildman–Crippen MR) is 86.2 cm³/mol. The molecule has 1 N–H and O–H groups in total. The molecule has 0 radical (unpaired) electrons. The minimum atomic E-state index is 0.513. The van der Waals surface area contributed by atoms with Crippen molar-refractivity contribution in [3.63, 3.8) is 0 Å². The molecule has 0 aliphatic carbocycles. The van der Waals surface area contributed by atoms with Gasteiger partial charge in [-0.15, -0.1) is 0 Å². The summed E-state index contributed by atoms with van der Waals surface area (Å²) in [6.07, 6.45) is 0. The van der Waals surface area contributed by atoms with Crippen molar-refractivity contribution in [1.29, 1.82) is 0 Å². The topological polar surface area (TPSA) is 30.5 Å². The van der Waals surface area contributed by atoms with Crippen LogP contribution in [0.5, 0.6) is 11.5 Å². The van der Waals surface area contributed by atoms with Crippen LogP contribution in [-0.2, 0) is 6.54 Å². The van der Waals surface area contributed by atoms with E-state index in [0.29, 0.717) is 46.3 Å². The molecule has 110 valence electrons. The second kappa shape index (κ2) is 6.22. The lowest BCUT2D eigenvalue weighted by Crippen LogP contribution is -2.15. The zero-order chi connectivity index (χ0) is 14.8. The van der Waals surface area contributed by atoms with Crippen LogP contribution in [-0.4, -0.2) is 13.2 Å². The van der Waals surface area contributed by atoms with Gasteiger partial charge in [0.05, 0.1) is 20.8 Å². The van der Waals surface area contributed by atoms with E-state index in [1.54, 1.807) is 12.1 Å². The Balaban J connectivity index is 1.80. The van der Waals surface area contributed by atoms with Gasteiger partial charge in [0.15, 0.2) is 11.5 Å². The Kier molecular flexibility index (Phi) is 4.34. The fraction of sp³-hybridized carbons (Fsp3) is 0.200. The third-order valence-corrected chi connectivity index (χ3v) is 4.30. The number of nitrogens with one attached hydrogen (secondary N) is 1. The van der Waals surface area contributed by atoms with E-state index >= 15 is 0 Å². The van der Waals surface area contributed by atoms with E-state index in [1.807, 2.05) is 18.2 Å². The van der Waals surface area contributed by atoms with E-state index in [4.69, 9.17) is 44.3 Å². The molecule has 0 saturated carbocycles. The second-order valence-electron chi connectivity index (χ2n) is 4.54. The molecule has 1 aliphatic rings. The zero-order valence-corrected chi connectivity index (χ0v) is 13.2. The largest absolute Gasteiger partial charge is 0.486 e. The van der Waals surface area contributed by atoms with E-state index in [9.17, 15) is 0 Å². The Morgan fingerprint density at radius 3 is 2.43 bits per heavy atom. The number of hydrogen-bond acceptors (Lipinski definition) is 3. The van der Waals surface area contributed by atoms with Crippen LogP contribution in [0.15, 0.2) is 30.3 Å². The lowest BCUT2D eigenvalue weighted by molar-refractivity contribution is 0.171. The van der Waals surface area contributed by atoms with Crippen LogP contribution in [0.2, 0.25) is 15.1 Å². The smallest absolute Gasteiger partial charge is 0.163 e. The fourth-order valence-electron chi connectivity index (χ4n) is 2.07. The zero-order valence-electron chi connectivity index (χ0n) is 11.0. The molecular formula is C15H12Cl3NO2. The third kappa shape index (κ3) is 3.15. The Bertz CT molecular complexity index is 676. The summed E-state index contributed by atoms with van der Waals surface area (Å²) < 4.78 is 11.0. The summed E-state index contributed by atoms with van der Waals surface area (Å²) in [5.41, 5.74) is 1.66. The molecule has 0 bridgehead atoms. The minimum absolute atomic E-state index is 0.513. The maximum Gasteiger partial charge on any atom is 0.163 e. The summed E-state index contributed by atoms with van der Waals surface area (Å²) >= 11 is 18.4. The lowest BCUT2D eigenvalue weighted by Gasteiger charge is -2.20. The number of fused-ring (bicyclic) bond motifs is 1. The van der Waals surface area contributed by atoms with Gasteiger partial charge in [0.2, 0.25) is 0 Å². The molecule has 21 heavy (non-hydrogen) atoms. The highest BCUT2D eigenvalue weighted by Gasteiger charge is 2.15. The van der Waals surface area contributed by atoms with Crippen molar-refractivity contribution in [2.45, 2.75) is 6.54 Å². The number of benzene rings is 2. The quantitative estimate of drug-likeness (QED) is 0.847. The Morgan fingerprint density at radius 1 is 0.952 bits per heavy atom. The van der Waals surface area contributed by atoms with Crippen molar-refractivity contribution in [2.24, 2.45) is 0 Å². The third-order valence-electron chi connectivity index (χ3n) is 3.13. The van der Waals surface area contributed by atoms with Gasteiger partial charge in [-0.3, -0.25) is 0 Å². The SMILES string of the molecule is Clc1cc2c(cc1NCc1cccc(Cl)c1Cl)OCCO2. The summed E-state index contributed by atoms with van der Waals surface area (Å²) in [7, 11) is 0. The molecular weight excluding hydrogens is 333 g/mol. The fourth-order valence-corrected chi connectivity index (χ4v) is 2.68. The molecule has 2 aromatic rings. The monoisotopic (exact) mass is 343 g/mol. The number of ether oxygens (including phenoxy) is 2. The van der Waals surface area contributed by atoms with Crippen molar-refractivity contribution in [3.05, 3.63) is 51.0 Å². The molecule has 2 aromatic carbocycles. The highest BCUT2D eigenvalue weighted by Crippen LogP contribution is 2.38. The van der Waals surface area contributed by atoms with Gasteiger partial charge in [-0.25, -0.2) is 0 Å². The number of halogens is 3. The van der Waals surface area contributed by atoms with Crippen molar-refractivity contribution in [1.82, 2.24) is 0 Å². The van der Waals surface area contributed by atoms with Crippen LogP contribution < -0.4 is 14.8 Å². The summed E-state index contributed by atoms with van der Waals surface area (Å²) in [6, 6.07) is 9.10. The molecule has 6 heteroatoms. The molecule has 0 unspecified atom stereocenters. The first-order valence-electron chi connectivity index (χ1n) is 6.41. The van der Waals surface area contributed by atoms with Gasteiger partial charge < -0.3 is 14.8 Å². The van der Waals surface area contributed by atoms with E-state index in [-0.39, 0.29) is 0 Å². The number of hydrogen-bond donors (Lipinski definition) is 1. The van der Waals surface area contributed by atoms with Crippen LogP contribution in [0, 0.1) is 0 Å². The van der Waals surface area contributed by atoms with Crippen molar-refractivity contribution >= 4 is 40.5 Å². The summed E-state index contributed by atoms with van der Waals surface area (Å²) in [5.74, 6) is 1.35. The molecule has 0 atom stereocenters. The van der Waals surface area contributed by atoms with Gasteiger partial charge in [0.1, 0.15) is 13.2 Å². The summed E-state index contributed by atoms with van der Waals surface area (Å²) in [5, 5.41) is 4.88. The van der Waals surface area contributed by atoms with E-state index < -0.39 is 0 Å². The molecule has 0 saturated heterocycles. The van der Waals surface area contributed by atoms with E-state index in [0.717, 1.165) is 11.3 Å². The lowest BCUT2D eigenvalue weighted by atomic mass is 10.2. The Morgan fingerprint density at radius 2 is 1.67 bits per heavy atom. The molecule has 0 spiro atoms. The minimum Gasteiger partial charge on any atom is -0.486 e. The van der Waals surface area contributed by atoms with Gasteiger partial charge in [-0.2, -0.15) is 0 Å². The maximum atomic E-state index is 6.24. The molecule has 1 heterocycles. The number of anilines is 1. The van der Waals surface area contributed by atoms with E-state index in [2.05, 4.69) is 5.32 Å². The molecule has 1 aliphatic heterocycles. The van der Waals surface area contributed by atoms with Gasteiger partial charge in [-0.1, -0.05) is 46.9 Å². The van der Waals surface area contributed by atoms with Crippen LogP contribution in [0.4, 0.5) is 5.69 Å². The van der Waals surface area contributed by atoms with Crippen molar-refractivity contribution in [3.8, 4) is 11.5 Å². The van der Waals surface area contributed by atoms with Crippen LogP contribution in [0.1, 0.15) is 5.56 Å². The normalized spacial score (nSPS) is 13.1. The first-order valence-corrected chi connectivity index (χ1v) is 7.54. The second-order valence-corrected chi connectivity index (χ2v) is 5.73. The average Bonchev–Trinajstić information content (AvgIpc) is 2.49. The molecule has 0 fully saturated rings. The van der Waals surface area contributed by atoms with Crippen molar-refractivity contribution < 1.29 is 9.47 Å². The maximum absolute atomic E-state index is 6.24. The van der Waals surface area contributed by atoms with Gasteiger partial charge in [0.25, 0.3) is 0 Å². The van der Waals surface area contributed by atoms with Crippen LogP contribution >= 0.6 is 34.8 Å². The summed E-state index contributed by atoms with van der Waals surface area (Å²) in [4.78, 5) is 0. The van der Waals surface area contributed by atoms with Crippen LogP contribution in [0.25, 0.3) is 0 Å². The molecule has 0 amide bonds. The first-order chi connectivity index (χ1) is 10.1. The molecule has 3 rings (SSSR count). The van der Waals surface area contributed by atoms with Gasteiger partial charge >= 0.3 is 0 Å². The van der Waals surface area contributed by atoms with Crippen molar-refractivity contribution in [2.75, 3.05) is 18.5 Å².